The predicted molar refractivity (Wildman–Crippen MR) is 38.7 cm³/mol. The monoisotopic (exact) mass is 169 g/mol. The first-order valence-electron chi connectivity index (χ1n) is 3.13. The molecule has 0 aromatic carbocycles. The zero-order valence-electron chi connectivity index (χ0n) is 6.10. The fourth-order valence-electron chi connectivity index (χ4n) is 0.657. The molecule has 0 saturated carbocycles. The molecular formula is C6H7N3O3. The maximum atomic E-state index is 10.5. The van der Waals surface area contributed by atoms with Gasteiger partial charge in [-0.15, -0.1) is 0 Å². The maximum absolute atomic E-state index is 10.5. The molecule has 1 aromatic heterocycles. The quantitative estimate of drug-likeness (QED) is 0.590. The number of aromatic nitrogens is 2. The summed E-state index contributed by atoms with van der Waals surface area (Å²) in [6.45, 7) is -0.126. The van der Waals surface area contributed by atoms with Crippen molar-refractivity contribution >= 4 is 5.97 Å². The van der Waals surface area contributed by atoms with Crippen LogP contribution in [0.5, 0.6) is 5.88 Å². The second-order valence-electron chi connectivity index (χ2n) is 1.83. The highest BCUT2D eigenvalue weighted by Gasteiger charge is 2.12. The topological polar surface area (TPSA) is 98.3 Å². The highest BCUT2D eigenvalue weighted by molar-refractivity contribution is 5.87. The summed E-state index contributed by atoms with van der Waals surface area (Å²) >= 11 is 0. The van der Waals surface area contributed by atoms with E-state index in [0.717, 1.165) is 0 Å². The molecule has 12 heavy (non-hydrogen) atoms. The van der Waals surface area contributed by atoms with E-state index >= 15 is 0 Å². The Labute approximate surface area is 68.0 Å². The van der Waals surface area contributed by atoms with Crippen molar-refractivity contribution in [2.75, 3.05) is 6.73 Å². The molecule has 1 rings (SSSR count). The van der Waals surface area contributed by atoms with Crippen LogP contribution in [0.4, 0.5) is 0 Å². The van der Waals surface area contributed by atoms with Crippen LogP contribution in [-0.4, -0.2) is 27.8 Å². The van der Waals surface area contributed by atoms with Gasteiger partial charge in [-0.05, 0) is 0 Å². The van der Waals surface area contributed by atoms with Gasteiger partial charge in [-0.1, -0.05) is 0 Å². The molecule has 0 amide bonds. The third-order valence-corrected chi connectivity index (χ3v) is 1.09. The number of ether oxygens (including phenoxy) is 1. The van der Waals surface area contributed by atoms with E-state index in [4.69, 9.17) is 15.6 Å². The van der Waals surface area contributed by atoms with Crippen molar-refractivity contribution in [1.82, 2.24) is 9.97 Å². The van der Waals surface area contributed by atoms with Crippen molar-refractivity contribution in [2.45, 2.75) is 0 Å². The lowest BCUT2D eigenvalue weighted by Crippen LogP contribution is -2.12. The first-order valence-corrected chi connectivity index (χ1v) is 3.13. The van der Waals surface area contributed by atoms with Gasteiger partial charge in [0, 0.05) is 12.4 Å². The predicted octanol–water partition coefficient (Wildman–Crippen LogP) is -0.530. The zero-order valence-corrected chi connectivity index (χ0v) is 6.10. The van der Waals surface area contributed by atoms with E-state index in [2.05, 4.69) is 9.97 Å². The fraction of sp³-hybridized carbons (Fsp3) is 0.167. The second kappa shape index (κ2) is 3.63. The second-order valence-corrected chi connectivity index (χ2v) is 1.83. The van der Waals surface area contributed by atoms with Crippen LogP contribution in [0.25, 0.3) is 0 Å². The van der Waals surface area contributed by atoms with Crippen LogP contribution in [0.15, 0.2) is 12.4 Å². The van der Waals surface area contributed by atoms with Gasteiger partial charge in [-0.2, -0.15) is 0 Å². The van der Waals surface area contributed by atoms with Crippen LogP contribution < -0.4 is 10.5 Å². The maximum Gasteiger partial charge on any atom is 0.360 e. The van der Waals surface area contributed by atoms with E-state index in [0.29, 0.717) is 0 Å². The lowest BCUT2D eigenvalue weighted by atomic mass is 10.4. The van der Waals surface area contributed by atoms with Crippen LogP contribution in [0.2, 0.25) is 0 Å². The smallest absolute Gasteiger partial charge is 0.360 e. The highest BCUT2D eigenvalue weighted by Crippen LogP contribution is 2.09. The Kier molecular flexibility index (Phi) is 2.54. The SMILES string of the molecule is NCOc1nccnc1C(=O)O. The van der Waals surface area contributed by atoms with Crippen molar-refractivity contribution in [3.63, 3.8) is 0 Å². The Bertz CT molecular complexity index is 289. The minimum Gasteiger partial charge on any atom is -0.476 e. The standard InChI is InChI=1S/C6H7N3O3/c7-3-12-5-4(6(10)11)8-1-2-9-5/h1-2H,3,7H2,(H,10,11). The van der Waals surface area contributed by atoms with E-state index in [-0.39, 0.29) is 18.3 Å². The molecule has 1 heterocycles. The summed E-state index contributed by atoms with van der Waals surface area (Å²) in [5.74, 6) is -1.25. The lowest BCUT2D eigenvalue weighted by Gasteiger charge is -2.02. The molecule has 0 bridgehead atoms. The van der Waals surface area contributed by atoms with Crippen LogP contribution in [0.3, 0.4) is 0 Å². The van der Waals surface area contributed by atoms with Crippen molar-refractivity contribution in [3.8, 4) is 5.88 Å². The molecule has 64 valence electrons. The molecule has 0 atom stereocenters. The average molecular weight is 169 g/mol. The molecular weight excluding hydrogens is 162 g/mol. The number of nitrogens with two attached hydrogens (primary N) is 1. The normalized spacial score (nSPS) is 9.42. The van der Waals surface area contributed by atoms with Gasteiger partial charge in [0.15, 0.2) is 0 Å². The zero-order chi connectivity index (χ0) is 8.97. The molecule has 0 unspecified atom stereocenters. The Morgan fingerprint density at radius 2 is 2.25 bits per heavy atom. The number of carbonyl (C=O) groups is 1. The van der Waals surface area contributed by atoms with E-state index in [1.165, 1.54) is 12.4 Å². The Hall–Kier alpha value is -1.69. The molecule has 0 radical (unpaired) electrons. The Morgan fingerprint density at radius 3 is 2.83 bits per heavy atom. The summed E-state index contributed by atoms with van der Waals surface area (Å²) in [7, 11) is 0. The molecule has 6 heteroatoms. The molecule has 0 aliphatic carbocycles. The van der Waals surface area contributed by atoms with Gasteiger partial charge in [0.2, 0.25) is 11.6 Å². The van der Waals surface area contributed by atoms with E-state index in [1.54, 1.807) is 0 Å². The molecule has 0 aliphatic rings. The highest BCUT2D eigenvalue weighted by atomic mass is 16.5. The third kappa shape index (κ3) is 1.67. The largest absolute Gasteiger partial charge is 0.476 e. The minimum absolute atomic E-state index is 0.0625. The average Bonchev–Trinajstić information content (AvgIpc) is 2.05. The van der Waals surface area contributed by atoms with E-state index < -0.39 is 5.97 Å². The summed E-state index contributed by atoms with van der Waals surface area (Å²) in [6, 6.07) is 0. The summed E-state index contributed by atoms with van der Waals surface area (Å²) < 4.78 is 4.72. The Morgan fingerprint density at radius 1 is 1.58 bits per heavy atom. The van der Waals surface area contributed by atoms with Crippen molar-refractivity contribution in [3.05, 3.63) is 18.1 Å². The van der Waals surface area contributed by atoms with Gasteiger partial charge in [0.25, 0.3) is 0 Å². The fourth-order valence-corrected chi connectivity index (χ4v) is 0.657. The number of hydrogen-bond acceptors (Lipinski definition) is 5. The minimum atomic E-state index is -1.19. The number of carboxylic acid groups (broad SMARTS) is 1. The van der Waals surface area contributed by atoms with E-state index in [1.807, 2.05) is 0 Å². The van der Waals surface area contributed by atoms with Gasteiger partial charge in [-0.25, -0.2) is 14.8 Å². The molecule has 3 N–H and O–H groups in total. The number of nitrogens with zero attached hydrogens (tertiary/aromatic N) is 2. The third-order valence-electron chi connectivity index (χ3n) is 1.09. The summed E-state index contributed by atoms with van der Waals surface area (Å²) in [5, 5.41) is 8.57. The van der Waals surface area contributed by atoms with E-state index in [9.17, 15) is 4.79 Å². The summed E-state index contributed by atoms with van der Waals surface area (Å²) in [4.78, 5) is 17.7. The molecule has 6 nitrogen and oxygen atoms in total. The number of rotatable bonds is 3. The van der Waals surface area contributed by atoms with Crippen LogP contribution in [0.1, 0.15) is 10.5 Å². The summed E-state index contributed by atoms with van der Waals surface area (Å²) in [6.07, 6.45) is 2.60. The van der Waals surface area contributed by atoms with Gasteiger partial charge < -0.3 is 9.84 Å². The molecule has 0 saturated heterocycles. The van der Waals surface area contributed by atoms with Gasteiger partial charge in [0.1, 0.15) is 6.73 Å². The van der Waals surface area contributed by atoms with Crippen molar-refractivity contribution in [1.29, 1.82) is 0 Å². The number of carboxylic acids is 1. The van der Waals surface area contributed by atoms with Gasteiger partial charge in [-0.3, -0.25) is 5.73 Å². The number of hydrogen-bond donors (Lipinski definition) is 2. The van der Waals surface area contributed by atoms with Crippen LogP contribution in [-0.2, 0) is 0 Å². The van der Waals surface area contributed by atoms with Gasteiger partial charge >= 0.3 is 5.97 Å². The van der Waals surface area contributed by atoms with Crippen molar-refractivity contribution < 1.29 is 14.6 Å². The molecule has 0 spiro atoms. The van der Waals surface area contributed by atoms with Crippen molar-refractivity contribution in [2.24, 2.45) is 5.73 Å². The summed E-state index contributed by atoms with van der Waals surface area (Å²) in [5.41, 5.74) is 4.81. The van der Waals surface area contributed by atoms with Gasteiger partial charge in [0.05, 0.1) is 0 Å². The lowest BCUT2D eigenvalue weighted by molar-refractivity contribution is 0.0684. The Balaban J connectivity index is 3.00. The van der Waals surface area contributed by atoms with Crippen LogP contribution >= 0.6 is 0 Å². The molecule has 0 aliphatic heterocycles. The number of aromatic carboxylic acids is 1. The first-order chi connectivity index (χ1) is 5.75. The first kappa shape index (κ1) is 8.41. The van der Waals surface area contributed by atoms with Crippen LogP contribution in [0, 0.1) is 0 Å². The molecule has 1 aromatic rings. The molecule has 0 fully saturated rings.